The zero-order valence-electron chi connectivity index (χ0n) is 11.7. The van der Waals surface area contributed by atoms with E-state index in [1.54, 1.807) is 31.1 Å². The molecule has 0 bridgehead atoms. The molecule has 1 N–H and O–H groups in total. The highest BCUT2D eigenvalue weighted by molar-refractivity contribution is 7.98. The van der Waals surface area contributed by atoms with Crippen LogP contribution in [0.15, 0.2) is 10.3 Å². The van der Waals surface area contributed by atoms with Gasteiger partial charge in [-0.25, -0.2) is 8.42 Å². The summed E-state index contributed by atoms with van der Waals surface area (Å²) >= 11 is 3.00. The lowest BCUT2D eigenvalue weighted by Crippen LogP contribution is -2.36. The summed E-state index contributed by atoms with van der Waals surface area (Å²) in [6.07, 6.45) is 2.82. The maximum atomic E-state index is 12.6. The first-order valence-electron chi connectivity index (χ1n) is 6.01. The molecule has 0 fully saturated rings. The summed E-state index contributed by atoms with van der Waals surface area (Å²) in [5.74, 6) is 0.927. The van der Waals surface area contributed by atoms with Crippen LogP contribution < -0.4 is 0 Å². The molecule has 0 saturated heterocycles. The van der Waals surface area contributed by atoms with Crippen molar-refractivity contribution >= 4 is 33.1 Å². The highest BCUT2D eigenvalue weighted by atomic mass is 32.2. The minimum Gasteiger partial charge on any atom is -0.391 e. The lowest BCUT2D eigenvalue weighted by Gasteiger charge is -2.24. The predicted molar refractivity (Wildman–Crippen MR) is 82.4 cm³/mol. The summed E-state index contributed by atoms with van der Waals surface area (Å²) in [6.45, 7) is 3.44. The minimum atomic E-state index is -3.52. The van der Waals surface area contributed by atoms with Crippen LogP contribution in [0, 0.1) is 6.92 Å². The largest absolute Gasteiger partial charge is 0.391 e. The molecule has 1 aromatic rings. The number of hydrogen-bond donors (Lipinski definition) is 1. The van der Waals surface area contributed by atoms with Crippen molar-refractivity contribution in [2.75, 3.05) is 19.1 Å². The quantitative estimate of drug-likeness (QED) is 0.836. The highest BCUT2D eigenvalue weighted by Gasteiger charge is 2.29. The van der Waals surface area contributed by atoms with Crippen molar-refractivity contribution in [3.8, 4) is 0 Å². The predicted octanol–water partition coefficient (Wildman–Crippen LogP) is 2.31. The van der Waals surface area contributed by atoms with E-state index >= 15 is 0 Å². The van der Waals surface area contributed by atoms with Gasteiger partial charge in [0.2, 0.25) is 10.0 Å². The van der Waals surface area contributed by atoms with Crippen molar-refractivity contribution in [2.45, 2.75) is 37.8 Å². The van der Waals surface area contributed by atoms with Crippen LogP contribution in [0.2, 0.25) is 0 Å². The van der Waals surface area contributed by atoms with Gasteiger partial charge in [-0.2, -0.15) is 16.1 Å². The van der Waals surface area contributed by atoms with E-state index in [1.165, 1.54) is 15.6 Å². The standard InChI is InChI=1S/C12H21NO3S3/c1-9-8-18-11(7-14)12(9)19(15,16)13(3)10(2)5-6-17-4/h8,10,14H,5-7H2,1-4H3. The SMILES string of the molecule is CSCCC(C)N(C)S(=O)(=O)c1c(C)csc1CO. The molecule has 1 heterocycles. The van der Waals surface area contributed by atoms with E-state index in [2.05, 4.69) is 0 Å². The molecule has 0 aliphatic carbocycles. The van der Waals surface area contributed by atoms with Gasteiger partial charge < -0.3 is 5.11 Å². The number of aliphatic hydroxyl groups is 1. The Kier molecular flexibility index (Phi) is 6.32. The Hall–Kier alpha value is -0.0800. The van der Waals surface area contributed by atoms with Gasteiger partial charge in [0.1, 0.15) is 4.90 Å². The van der Waals surface area contributed by atoms with Gasteiger partial charge >= 0.3 is 0 Å². The molecule has 1 atom stereocenters. The van der Waals surface area contributed by atoms with Gasteiger partial charge in [-0.05, 0) is 43.2 Å². The number of nitrogens with zero attached hydrogens (tertiary/aromatic N) is 1. The average molecular weight is 324 g/mol. The second-order valence-corrected chi connectivity index (χ2v) is 8.37. The van der Waals surface area contributed by atoms with E-state index in [0.717, 1.165) is 12.2 Å². The number of sulfonamides is 1. The van der Waals surface area contributed by atoms with Crippen molar-refractivity contribution in [1.82, 2.24) is 4.31 Å². The monoisotopic (exact) mass is 323 g/mol. The fraction of sp³-hybridized carbons (Fsp3) is 0.667. The summed E-state index contributed by atoms with van der Waals surface area (Å²) in [7, 11) is -1.91. The summed E-state index contributed by atoms with van der Waals surface area (Å²) in [4.78, 5) is 0.792. The maximum Gasteiger partial charge on any atom is 0.244 e. The van der Waals surface area contributed by atoms with Crippen molar-refractivity contribution in [2.24, 2.45) is 0 Å². The van der Waals surface area contributed by atoms with Crippen molar-refractivity contribution < 1.29 is 13.5 Å². The zero-order chi connectivity index (χ0) is 14.6. The number of rotatable bonds is 7. The van der Waals surface area contributed by atoms with Crippen LogP contribution in [0.4, 0.5) is 0 Å². The molecular formula is C12H21NO3S3. The Labute approximate surface area is 123 Å². The fourth-order valence-corrected chi connectivity index (χ4v) is 5.37. The van der Waals surface area contributed by atoms with Crippen molar-refractivity contribution in [3.05, 3.63) is 15.8 Å². The van der Waals surface area contributed by atoms with Gasteiger partial charge in [0.25, 0.3) is 0 Å². The molecular weight excluding hydrogens is 302 g/mol. The molecule has 4 nitrogen and oxygen atoms in total. The van der Waals surface area contributed by atoms with Crippen LogP contribution in [-0.4, -0.2) is 42.9 Å². The number of thiophene rings is 1. The van der Waals surface area contributed by atoms with Crippen LogP contribution in [-0.2, 0) is 16.6 Å². The first kappa shape index (κ1) is 17.0. The van der Waals surface area contributed by atoms with Crippen LogP contribution in [0.25, 0.3) is 0 Å². The average Bonchev–Trinajstić information content (AvgIpc) is 2.76. The number of aryl methyl sites for hydroxylation is 1. The molecule has 1 unspecified atom stereocenters. The molecule has 0 spiro atoms. The van der Waals surface area contributed by atoms with Gasteiger partial charge in [-0.1, -0.05) is 0 Å². The van der Waals surface area contributed by atoms with Gasteiger partial charge in [-0.15, -0.1) is 11.3 Å². The summed E-state index contributed by atoms with van der Waals surface area (Å²) in [6, 6.07) is -0.0525. The maximum absolute atomic E-state index is 12.6. The molecule has 1 rings (SSSR count). The number of aliphatic hydroxyl groups excluding tert-OH is 1. The first-order chi connectivity index (χ1) is 8.86. The molecule has 0 aromatic carbocycles. The molecule has 7 heteroatoms. The van der Waals surface area contributed by atoms with Gasteiger partial charge in [-0.3, -0.25) is 0 Å². The Morgan fingerprint density at radius 3 is 2.68 bits per heavy atom. The molecule has 19 heavy (non-hydrogen) atoms. The van der Waals surface area contributed by atoms with E-state index in [-0.39, 0.29) is 17.5 Å². The molecule has 0 aliphatic heterocycles. The van der Waals surface area contributed by atoms with E-state index in [0.29, 0.717) is 10.4 Å². The molecule has 0 aliphatic rings. The normalized spacial score (nSPS) is 14.0. The Balaban J connectivity index is 3.06. The topological polar surface area (TPSA) is 57.6 Å². The van der Waals surface area contributed by atoms with Crippen LogP contribution in [0.3, 0.4) is 0 Å². The summed E-state index contributed by atoms with van der Waals surface area (Å²) in [5, 5.41) is 11.1. The molecule has 0 amide bonds. The second kappa shape index (κ2) is 7.08. The van der Waals surface area contributed by atoms with E-state index in [1.807, 2.05) is 13.2 Å². The van der Waals surface area contributed by atoms with E-state index in [9.17, 15) is 13.5 Å². The van der Waals surface area contributed by atoms with Gasteiger partial charge in [0.05, 0.1) is 11.5 Å². The molecule has 0 radical (unpaired) electrons. The zero-order valence-corrected chi connectivity index (χ0v) is 14.2. The first-order valence-corrected chi connectivity index (χ1v) is 9.72. The van der Waals surface area contributed by atoms with Crippen molar-refractivity contribution in [3.63, 3.8) is 0 Å². The van der Waals surface area contributed by atoms with Crippen molar-refractivity contribution in [1.29, 1.82) is 0 Å². The minimum absolute atomic E-state index is 0.0525. The van der Waals surface area contributed by atoms with E-state index in [4.69, 9.17) is 0 Å². The fourth-order valence-electron chi connectivity index (χ4n) is 1.79. The van der Waals surface area contributed by atoms with E-state index < -0.39 is 10.0 Å². The molecule has 1 aromatic heterocycles. The second-order valence-electron chi connectivity index (χ2n) is 4.48. The Morgan fingerprint density at radius 1 is 1.53 bits per heavy atom. The third-order valence-corrected chi connectivity index (χ3v) is 7.20. The molecule has 0 saturated carbocycles. The van der Waals surface area contributed by atoms with Crippen LogP contribution in [0.5, 0.6) is 0 Å². The summed E-state index contributed by atoms with van der Waals surface area (Å²) < 4.78 is 26.6. The smallest absolute Gasteiger partial charge is 0.244 e. The summed E-state index contributed by atoms with van der Waals surface area (Å²) in [5.41, 5.74) is 0.706. The number of thioether (sulfide) groups is 1. The number of hydrogen-bond acceptors (Lipinski definition) is 5. The Morgan fingerprint density at radius 2 is 2.16 bits per heavy atom. The Bertz CT molecular complexity index is 510. The molecule has 110 valence electrons. The van der Waals surface area contributed by atoms with Gasteiger partial charge in [0, 0.05) is 13.1 Å². The lowest BCUT2D eigenvalue weighted by atomic mass is 10.3. The lowest BCUT2D eigenvalue weighted by molar-refractivity contribution is 0.282. The van der Waals surface area contributed by atoms with Crippen LogP contribution in [0.1, 0.15) is 23.8 Å². The van der Waals surface area contributed by atoms with Crippen LogP contribution >= 0.6 is 23.1 Å². The third-order valence-electron chi connectivity index (χ3n) is 3.13. The highest BCUT2D eigenvalue weighted by Crippen LogP contribution is 2.30. The third kappa shape index (κ3) is 3.72. The van der Waals surface area contributed by atoms with Gasteiger partial charge in [0.15, 0.2) is 0 Å².